The van der Waals surface area contributed by atoms with Crippen LogP contribution in [-0.4, -0.2) is 25.1 Å². The maximum Gasteiger partial charge on any atom is 0.256 e. The van der Waals surface area contributed by atoms with E-state index in [2.05, 4.69) is 11.4 Å². The Hall–Kier alpha value is -2.55. The fraction of sp³-hybridized carbons (Fsp3) is 0.250. The van der Waals surface area contributed by atoms with Crippen LogP contribution in [0.25, 0.3) is 20.8 Å². The van der Waals surface area contributed by atoms with Gasteiger partial charge in [-0.15, -0.1) is 22.7 Å². The lowest BCUT2D eigenvalue weighted by Crippen LogP contribution is -2.13. The van der Waals surface area contributed by atoms with E-state index in [-0.39, 0.29) is 16.6 Å². The first-order valence-corrected chi connectivity index (χ1v) is 13.9. The summed E-state index contributed by atoms with van der Waals surface area (Å²) >= 11 is 3.26. The quantitative estimate of drug-likeness (QED) is 0.381. The molecule has 1 N–H and O–H groups in total. The molecular formula is C24H22N2O3S3. The number of hydrogen-bond acceptors (Lipinski definition) is 6. The number of nitrogens with zero attached hydrogens (tertiary/aromatic N) is 1. The molecule has 2 aromatic heterocycles. The van der Waals surface area contributed by atoms with Gasteiger partial charge in [-0.3, -0.25) is 4.79 Å². The Labute approximate surface area is 195 Å². The zero-order valence-corrected chi connectivity index (χ0v) is 20.0. The van der Waals surface area contributed by atoms with E-state index in [4.69, 9.17) is 4.98 Å². The molecule has 4 aromatic rings. The van der Waals surface area contributed by atoms with E-state index in [1.165, 1.54) is 22.6 Å². The monoisotopic (exact) mass is 482 g/mol. The Kier molecular flexibility index (Phi) is 5.61. The zero-order chi connectivity index (χ0) is 22.3. The molecule has 0 saturated heterocycles. The van der Waals surface area contributed by atoms with Gasteiger partial charge in [-0.05, 0) is 61.6 Å². The van der Waals surface area contributed by atoms with Crippen molar-refractivity contribution in [3.63, 3.8) is 0 Å². The summed E-state index contributed by atoms with van der Waals surface area (Å²) in [4.78, 5) is 19.5. The summed E-state index contributed by atoms with van der Waals surface area (Å²) in [6.07, 6.45) is 4.28. The molecule has 2 heterocycles. The normalized spacial score (nSPS) is 13.8. The van der Waals surface area contributed by atoms with Crippen LogP contribution in [0, 0.1) is 0 Å². The second-order valence-corrected chi connectivity index (χ2v) is 12.2. The van der Waals surface area contributed by atoms with Gasteiger partial charge in [0, 0.05) is 16.0 Å². The second-order valence-electron chi connectivity index (χ2n) is 7.79. The number of sulfone groups is 1. The number of para-hydroxylation sites is 1. The molecule has 0 radical (unpaired) electrons. The van der Waals surface area contributed by atoms with E-state index >= 15 is 0 Å². The highest BCUT2D eigenvalue weighted by Gasteiger charge is 2.25. The average molecular weight is 483 g/mol. The number of anilines is 1. The Morgan fingerprint density at radius 3 is 2.69 bits per heavy atom. The minimum atomic E-state index is -3.38. The Balaban J connectivity index is 1.55. The van der Waals surface area contributed by atoms with Gasteiger partial charge in [-0.25, -0.2) is 13.4 Å². The third kappa shape index (κ3) is 3.87. The number of fused-ring (bicyclic) bond motifs is 2. The predicted molar refractivity (Wildman–Crippen MR) is 132 cm³/mol. The molecule has 2 aromatic carbocycles. The minimum absolute atomic E-state index is 0.00251. The Morgan fingerprint density at radius 1 is 1.06 bits per heavy atom. The smallest absolute Gasteiger partial charge is 0.256 e. The van der Waals surface area contributed by atoms with Crippen molar-refractivity contribution < 1.29 is 13.2 Å². The summed E-state index contributed by atoms with van der Waals surface area (Å²) in [7, 11) is -3.38. The molecule has 5 nitrogen and oxygen atoms in total. The molecule has 0 spiro atoms. The molecule has 1 aliphatic rings. The van der Waals surface area contributed by atoms with E-state index in [1.807, 2.05) is 18.2 Å². The van der Waals surface area contributed by atoms with Crippen molar-refractivity contribution in [3.05, 3.63) is 64.5 Å². The third-order valence-corrected chi connectivity index (χ3v) is 9.73. The van der Waals surface area contributed by atoms with Crippen LogP contribution in [-0.2, 0) is 22.7 Å². The van der Waals surface area contributed by atoms with Gasteiger partial charge in [-0.2, -0.15) is 0 Å². The molecule has 0 saturated carbocycles. The molecular weight excluding hydrogens is 460 g/mol. The number of amides is 1. The van der Waals surface area contributed by atoms with E-state index < -0.39 is 9.84 Å². The summed E-state index contributed by atoms with van der Waals surface area (Å²) in [5.74, 6) is -0.309. The van der Waals surface area contributed by atoms with Crippen LogP contribution >= 0.6 is 22.7 Å². The number of carbonyl (C=O) groups excluding carboxylic acids is 1. The molecule has 1 amide bonds. The number of thiophene rings is 1. The maximum atomic E-state index is 13.1. The second kappa shape index (κ2) is 8.42. The number of thiazole rings is 1. The maximum absolute atomic E-state index is 13.1. The summed E-state index contributed by atoms with van der Waals surface area (Å²) in [6.45, 7) is 1.60. The van der Waals surface area contributed by atoms with Gasteiger partial charge in [0.25, 0.3) is 5.91 Å². The van der Waals surface area contributed by atoms with Gasteiger partial charge in [-0.1, -0.05) is 25.1 Å². The van der Waals surface area contributed by atoms with Crippen LogP contribution in [0.1, 0.15) is 40.6 Å². The SMILES string of the molecule is CCS(=O)(=O)c1cccc(C(=O)Nc2sc3c(c2-c2nc4ccccc4s2)CCCC3)c1. The largest absolute Gasteiger partial charge is 0.313 e. The van der Waals surface area contributed by atoms with E-state index in [0.717, 1.165) is 51.5 Å². The number of nitrogens with one attached hydrogen (secondary N) is 1. The third-order valence-electron chi connectivity index (χ3n) is 5.74. The number of aromatic nitrogens is 1. The average Bonchev–Trinajstić information content (AvgIpc) is 3.39. The summed E-state index contributed by atoms with van der Waals surface area (Å²) in [6, 6.07) is 14.3. The van der Waals surface area contributed by atoms with Gasteiger partial charge >= 0.3 is 0 Å². The molecule has 1 aliphatic carbocycles. The zero-order valence-electron chi connectivity index (χ0n) is 17.6. The van der Waals surface area contributed by atoms with Crippen molar-refractivity contribution in [3.8, 4) is 10.6 Å². The van der Waals surface area contributed by atoms with Gasteiger partial charge in [0.15, 0.2) is 9.84 Å². The van der Waals surface area contributed by atoms with Gasteiger partial charge < -0.3 is 5.32 Å². The molecule has 5 rings (SSSR count). The van der Waals surface area contributed by atoms with Crippen molar-refractivity contribution in [2.75, 3.05) is 11.1 Å². The molecule has 32 heavy (non-hydrogen) atoms. The number of aryl methyl sites for hydroxylation is 1. The number of hydrogen-bond donors (Lipinski definition) is 1. The first-order chi connectivity index (χ1) is 15.5. The van der Waals surface area contributed by atoms with Crippen molar-refractivity contribution in [1.82, 2.24) is 4.98 Å². The molecule has 0 bridgehead atoms. The summed E-state index contributed by atoms with van der Waals surface area (Å²) in [5, 5.41) is 4.79. The fourth-order valence-electron chi connectivity index (χ4n) is 4.03. The number of rotatable bonds is 5. The Bertz CT molecular complexity index is 1400. The molecule has 0 unspecified atom stereocenters. The highest BCUT2D eigenvalue weighted by molar-refractivity contribution is 7.91. The fourth-order valence-corrected chi connectivity index (χ4v) is 7.35. The highest BCUT2D eigenvalue weighted by atomic mass is 32.2. The summed E-state index contributed by atoms with van der Waals surface area (Å²) in [5.41, 5.74) is 3.61. The molecule has 0 atom stereocenters. The molecule has 8 heteroatoms. The molecule has 0 aliphatic heterocycles. The minimum Gasteiger partial charge on any atom is -0.313 e. The standard InChI is InChI=1S/C24H22N2O3S3/c1-2-32(28,29)16-9-7-8-15(14-16)22(27)26-24-21(17-10-3-5-12-19(17)30-24)23-25-18-11-4-6-13-20(18)31-23/h4,6-9,11,13-14H,2-3,5,10,12H2,1H3,(H,26,27). The molecule has 0 fully saturated rings. The van der Waals surface area contributed by atoms with Gasteiger partial charge in [0.1, 0.15) is 10.0 Å². The van der Waals surface area contributed by atoms with Crippen molar-refractivity contribution in [1.29, 1.82) is 0 Å². The summed E-state index contributed by atoms with van der Waals surface area (Å²) < 4.78 is 25.6. The van der Waals surface area contributed by atoms with Crippen LogP contribution in [0.5, 0.6) is 0 Å². The lowest BCUT2D eigenvalue weighted by Gasteiger charge is -2.12. The topological polar surface area (TPSA) is 76.1 Å². The lowest BCUT2D eigenvalue weighted by molar-refractivity contribution is 0.102. The van der Waals surface area contributed by atoms with Crippen LogP contribution in [0.15, 0.2) is 53.4 Å². The van der Waals surface area contributed by atoms with Crippen molar-refractivity contribution >= 4 is 53.6 Å². The number of carbonyl (C=O) groups is 1. The van der Waals surface area contributed by atoms with Crippen LogP contribution in [0.2, 0.25) is 0 Å². The lowest BCUT2D eigenvalue weighted by atomic mass is 9.95. The first-order valence-electron chi connectivity index (χ1n) is 10.6. The van der Waals surface area contributed by atoms with E-state index in [1.54, 1.807) is 41.7 Å². The van der Waals surface area contributed by atoms with Crippen LogP contribution < -0.4 is 5.32 Å². The molecule has 164 valence electrons. The van der Waals surface area contributed by atoms with E-state index in [0.29, 0.717) is 5.56 Å². The van der Waals surface area contributed by atoms with Crippen molar-refractivity contribution in [2.24, 2.45) is 0 Å². The Morgan fingerprint density at radius 2 is 1.88 bits per heavy atom. The predicted octanol–water partition coefficient (Wildman–Crippen LogP) is 5.95. The van der Waals surface area contributed by atoms with Gasteiger partial charge in [0.05, 0.1) is 20.9 Å². The van der Waals surface area contributed by atoms with Crippen molar-refractivity contribution in [2.45, 2.75) is 37.5 Å². The van der Waals surface area contributed by atoms with E-state index in [9.17, 15) is 13.2 Å². The number of benzene rings is 2. The first kappa shape index (κ1) is 21.3. The van der Waals surface area contributed by atoms with Crippen LogP contribution in [0.3, 0.4) is 0 Å². The van der Waals surface area contributed by atoms with Gasteiger partial charge in [0.2, 0.25) is 0 Å². The highest BCUT2D eigenvalue weighted by Crippen LogP contribution is 2.46. The van der Waals surface area contributed by atoms with Crippen LogP contribution in [0.4, 0.5) is 5.00 Å².